The molecule has 1 aliphatic rings. The number of carbonyl (C=O) groups is 1. The summed E-state index contributed by atoms with van der Waals surface area (Å²) in [6, 6.07) is 18.5. The van der Waals surface area contributed by atoms with Crippen molar-refractivity contribution in [3.05, 3.63) is 71.0 Å². The van der Waals surface area contributed by atoms with Gasteiger partial charge in [0.2, 0.25) is 0 Å². The molecule has 0 amide bonds. The summed E-state index contributed by atoms with van der Waals surface area (Å²) in [5.41, 5.74) is 7.41. The number of nitrogens with zero attached hydrogens (tertiary/aromatic N) is 1. The van der Waals surface area contributed by atoms with Crippen LogP contribution in [0.1, 0.15) is 25.2 Å². The molecule has 0 bridgehead atoms. The van der Waals surface area contributed by atoms with Crippen LogP contribution in [0.5, 0.6) is 0 Å². The minimum absolute atomic E-state index is 0.160. The van der Waals surface area contributed by atoms with E-state index in [9.17, 15) is 4.79 Å². The second-order valence-corrected chi connectivity index (χ2v) is 9.61. The Kier molecular flexibility index (Phi) is 4.93. The summed E-state index contributed by atoms with van der Waals surface area (Å²) >= 11 is 8.04. The normalized spacial score (nSPS) is 15.0. The molecule has 0 fully saturated rings. The van der Waals surface area contributed by atoms with Crippen molar-refractivity contribution >= 4 is 38.0 Å². The molecule has 0 spiro atoms. The van der Waals surface area contributed by atoms with E-state index in [2.05, 4.69) is 54.8 Å². The second-order valence-electron chi connectivity index (χ2n) is 7.98. The third kappa shape index (κ3) is 3.59. The van der Waals surface area contributed by atoms with Crippen molar-refractivity contribution in [2.45, 2.75) is 33.2 Å². The molecule has 0 radical (unpaired) electrons. The van der Waals surface area contributed by atoms with Crippen LogP contribution >= 0.6 is 34.2 Å². The zero-order valence-electron chi connectivity index (χ0n) is 15.4. The Morgan fingerprint density at radius 1 is 1.04 bits per heavy atom. The molecular weight excluding hydrogens is 469 g/mol. The van der Waals surface area contributed by atoms with Gasteiger partial charge in [-0.15, -0.1) is 0 Å². The average Bonchev–Trinajstić information content (AvgIpc) is 3.07. The van der Waals surface area contributed by atoms with Gasteiger partial charge in [0.1, 0.15) is 0 Å². The molecule has 0 N–H and O–H groups in total. The number of aromatic nitrogens is 1. The van der Waals surface area contributed by atoms with Gasteiger partial charge in [0.05, 0.1) is 6.42 Å². The number of carbonyl (C=O) groups excluding carboxylic acids is 1. The Bertz CT molecular complexity index is 1000. The van der Waals surface area contributed by atoms with E-state index in [1.165, 1.54) is 22.4 Å². The molecule has 4 heteroatoms. The summed E-state index contributed by atoms with van der Waals surface area (Å²) in [6.45, 7) is 5.54. The zero-order valence-corrected chi connectivity index (χ0v) is 18.3. The molecule has 0 atom stereocenters. The lowest BCUT2D eigenvalue weighted by Gasteiger charge is -2.18. The lowest BCUT2D eigenvalue weighted by molar-refractivity contribution is -0.108. The van der Waals surface area contributed by atoms with E-state index in [1.807, 2.05) is 40.8 Å². The Labute approximate surface area is 178 Å². The van der Waals surface area contributed by atoms with E-state index in [0.29, 0.717) is 6.42 Å². The summed E-state index contributed by atoms with van der Waals surface area (Å²) < 4.78 is 2.55. The zero-order chi connectivity index (χ0) is 19.2. The summed E-state index contributed by atoms with van der Waals surface area (Å²) in [4.78, 5) is 12.1. The summed E-state index contributed by atoms with van der Waals surface area (Å²) in [5, 5.41) is 0.722. The van der Waals surface area contributed by atoms with Gasteiger partial charge in [0.25, 0.3) is 0 Å². The van der Waals surface area contributed by atoms with Gasteiger partial charge in [-0.05, 0) is 57.7 Å². The van der Waals surface area contributed by atoms with Gasteiger partial charge in [0.15, 0.2) is 3.79 Å². The number of halogens is 2. The standard InChI is InChI=1S/C23H21ClINO/c1-23(2)13-19-22(15-6-4-3-5-7-15)21(16-8-10-17(24)11-9-16)18(12-20(25)27)26(19)14-23/h3-11H,12-14H2,1-2H3. The highest BCUT2D eigenvalue weighted by Gasteiger charge is 2.36. The van der Waals surface area contributed by atoms with Crippen LogP contribution < -0.4 is 0 Å². The largest absolute Gasteiger partial charge is 0.346 e. The second kappa shape index (κ2) is 7.10. The van der Waals surface area contributed by atoms with E-state index in [0.717, 1.165) is 29.2 Å². The predicted molar refractivity (Wildman–Crippen MR) is 121 cm³/mol. The summed E-state index contributed by atoms with van der Waals surface area (Å²) in [6.07, 6.45) is 1.45. The first kappa shape index (κ1) is 18.8. The van der Waals surface area contributed by atoms with E-state index >= 15 is 0 Å². The molecule has 0 unspecified atom stereocenters. The Balaban J connectivity index is 2.03. The molecular formula is C23H21ClINO. The van der Waals surface area contributed by atoms with E-state index in [4.69, 9.17) is 11.6 Å². The fourth-order valence-electron chi connectivity index (χ4n) is 4.19. The molecule has 2 heterocycles. The quantitative estimate of drug-likeness (QED) is 0.300. The number of fused-ring (bicyclic) bond motifs is 1. The molecule has 3 aromatic rings. The van der Waals surface area contributed by atoms with Gasteiger partial charge >= 0.3 is 0 Å². The van der Waals surface area contributed by atoms with Gasteiger partial charge in [-0.25, -0.2) is 0 Å². The molecule has 0 saturated heterocycles. The first-order chi connectivity index (χ1) is 12.9. The van der Waals surface area contributed by atoms with E-state index in [-0.39, 0.29) is 9.20 Å². The number of benzene rings is 2. The van der Waals surface area contributed by atoms with Crippen LogP contribution in [0.4, 0.5) is 0 Å². The highest BCUT2D eigenvalue weighted by atomic mass is 127. The first-order valence-electron chi connectivity index (χ1n) is 9.10. The van der Waals surface area contributed by atoms with Crippen molar-refractivity contribution in [2.24, 2.45) is 5.41 Å². The van der Waals surface area contributed by atoms with Crippen LogP contribution in [0.3, 0.4) is 0 Å². The third-order valence-corrected chi connectivity index (χ3v) is 5.85. The molecule has 138 valence electrons. The molecule has 27 heavy (non-hydrogen) atoms. The lowest BCUT2D eigenvalue weighted by Crippen LogP contribution is -2.14. The molecule has 2 nitrogen and oxygen atoms in total. The van der Waals surface area contributed by atoms with Crippen molar-refractivity contribution in [1.82, 2.24) is 4.57 Å². The minimum Gasteiger partial charge on any atom is -0.346 e. The fourth-order valence-corrected chi connectivity index (χ4v) is 4.68. The number of hydrogen-bond acceptors (Lipinski definition) is 1. The Morgan fingerprint density at radius 3 is 2.30 bits per heavy atom. The van der Waals surface area contributed by atoms with Crippen molar-refractivity contribution in [1.29, 1.82) is 0 Å². The molecule has 1 aliphatic heterocycles. The third-order valence-electron chi connectivity index (χ3n) is 5.21. The lowest BCUT2D eigenvalue weighted by atomic mass is 9.86. The van der Waals surface area contributed by atoms with E-state index < -0.39 is 0 Å². The summed E-state index contributed by atoms with van der Waals surface area (Å²) in [7, 11) is 0. The van der Waals surface area contributed by atoms with Crippen LogP contribution in [-0.4, -0.2) is 8.36 Å². The minimum atomic E-state index is 0.160. The van der Waals surface area contributed by atoms with Gasteiger partial charge in [-0.2, -0.15) is 0 Å². The van der Waals surface area contributed by atoms with Gasteiger partial charge in [-0.3, -0.25) is 4.79 Å². The van der Waals surface area contributed by atoms with Crippen molar-refractivity contribution in [3.63, 3.8) is 0 Å². The smallest absolute Gasteiger partial charge is 0.198 e. The molecule has 0 saturated carbocycles. The van der Waals surface area contributed by atoms with Crippen LogP contribution in [0.15, 0.2) is 54.6 Å². The highest BCUT2D eigenvalue weighted by Crippen LogP contribution is 2.47. The first-order valence-corrected chi connectivity index (χ1v) is 10.6. The average molecular weight is 490 g/mol. The number of hydrogen-bond donors (Lipinski definition) is 0. The van der Waals surface area contributed by atoms with Crippen LogP contribution in [0.25, 0.3) is 22.3 Å². The van der Waals surface area contributed by atoms with Crippen molar-refractivity contribution in [3.8, 4) is 22.3 Å². The predicted octanol–water partition coefficient (Wildman–Crippen LogP) is 6.56. The Morgan fingerprint density at radius 2 is 1.67 bits per heavy atom. The van der Waals surface area contributed by atoms with Crippen LogP contribution in [-0.2, 0) is 24.2 Å². The van der Waals surface area contributed by atoms with Gasteiger partial charge < -0.3 is 4.57 Å². The van der Waals surface area contributed by atoms with Crippen molar-refractivity contribution < 1.29 is 4.79 Å². The SMILES string of the molecule is CC1(C)Cc2c(-c3ccccc3)c(-c3ccc(Cl)cc3)c(CC(=O)I)n2C1. The maximum atomic E-state index is 12.1. The molecule has 2 aromatic carbocycles. The van der Waals surface area contributed by atoms with Gasteiger partial charge in [0, 0.05) is 34.1 Å². The summed E-state index contributed by atoms with van der Waals surface area (Å²) in [5.74, 6) is 0. The maximum Gasteiger partial charge on any atom is 0.198 e. The van der Waals surface area contributed by atoms with E-state index in [1.54, 1.807) is 0 Å². The van der Waals surface area contributed by atoms with Crippen LogP contribution in [0.2, 0.25) is 5.02 Å². The molecule has 0 aliphatic carbocycles. The fraction of sp³-hybridized carbons (Fsp3) is 0.261. The highest BCUT2D eigenvalue weighted by molar-refractivity contribution is 14.1. The van der Waals surface area contributed by atoms with Crippen molar-refractivity contribution in [2.75, 3.05) is 0 Å². The number of rotatable bonds is 4. The van der Waals surface area contributed by atoms with Gasteiger partial charge in [-0.1, -0.05) is 67.9 Å². The monoisotopic (exact) mass is 489 g/mol. The van der Waals surface area contributed by atoms with Crippen LogP contribution in [0, 0.1) is 5.41 Å². The molecule has 4 rings (SSSR count). The Hall–Kier alpha value is -1.59. The topological polar surface area (TPSA) is 22.0 Å². The maximum absolute atomic E-state index is 12.1. The molecule has 1 aromatic heterocycles.